The van der Waals surface area contributed by atoms with Crippen LogP contribution in [0.5, 0.6) is 0 Å². The molecular weight excluding hydrogens is 341 g/mol. The molecule has 2 N–H and O–H groups in total. The van der Waals surface area contributed by atoms with Gasteiger partial charge in [0.05, 0.1) is 22.8 Å². The van der Waals surface area contributed by atoms with E-state index in [0.717, 1.165) is 23.7 Å². The lowest BCUT2D eigenvalue weighted by Gasteiger charge is -2.22. The minimum atomic E-state index is -0.304. The summed E-state index contributed by atoms with van der Waals surface area (Å²) in [5.74, 6) is 0.384. The van der Waals surface area contributed by atoms with E-state index < -0.39 is 0 Å². The number of carbonyl (C=O) groups is 1. The van der Waals surface area contributed by atoms with Gasteiger partial charge in [-0.2, -0.15) is 0 Å². The molecule has 4 rings (SSSR count). The highest BCUT2D eigenvalue weighted by Gasteiger charge is 2.34. The molecule has 0 bridgehead atoms. The Labute approximate surface area is 148 Å². The Morgan fingerprint density at radius 2 is 2.28 bits per heavy atom. The molecule has 8 heteroatoms. The summed E-state index contributed by atoms with van der Waals surface area (Å²) in [5.41, 5.74) is 2.10. The number of anilines is 1. The minimum absolute atomic E-state index is 0.0226. The number of rotatable bonds is 3. The van der Waals surface area contributed by atoms with Crippen LogP contribution in [-0.2, 0) is 0 Å². The van der Waals surface area contributed by atoms with E-state index in [1.807, 2.05) is 11.8 Å². The molecule has 3 heterocycles. The quantitative estimate of drug-likeness (QED) is 0.751. The Hall–Kier alpha value is -2.48. The average Bonchev–Trinajstić information content (AvgIpc) is 3.30. The highest BCUT2D eigenvalue weighted by Crippen LogP contribution is 2.34. The summed E-state index contributed by atoms with van der Waals surface area (Å²) in [6, 6.07) is 4.35. The van der Waals surface area contributed by atoms with Gasteiger partial charge in [0.1, 0.15) is 16.5 Å². The van der Waals surface area contributed by atoms with Crippen molar-refractivity contribution < 1.29 is 9.18 Å². The largest absolute Gasteiger partial charge is 0.365 e. The van der Waals surface area contributed by atoms with Crippen LogP contribution in [0.3, 0.4) is 0 Å². The van der Waals surface area contributed by atoms with Crippen LogP contribution in [0, 0.1) is 12.7 Å². The fourth-order valence-corrected chi connectivity index (χ4v) is 4.16. The summed E-state index contributed by atoms with van der Waals surface area (Å²) in [5, 5.41) is 3.71. The van der Waals surface area contributed by atoms with Crippen molar-refractivity contribution in [2.45, 2.75) is 25.8 Å². The van der Waals surface area contributed by atoms with Gasteiger partial charge in [0.25, 0.3) is 5.91 Å². The molecular formula is C17H18FN5OS. The first kappa shape index (κ1) is 16.0. The van der Waals surface area contributed by atoms with Gasteiger partial charge in [0, 0.05) is 13.6 Å². The van der Waals surface area contributed by atoms with Crippen molar-refractivity contribution in [3.63, 3.8) is 0 Å². The second-order valence-electron chi connectivity index (χ2n) is 6.12. The Kier molecular flexibility index (Phi) is 3.91. The number of nitrogens with zero attached hydrogens (tertiary/aromatic N) is 3. The Balaban J connectivity index is 1.67. The first-order chi connectivity index (χ1) is 12.1. The molecule has 0 spiro atoms. The van der Waals surface area contributed by atoms with Crippen LogP contribution in [0.25, 0.3) is 11.0 Å². The summed E-state index contributed by atoms with van der Waals surface area (Å²) in [7, 11) is 1.79. The van der Waals surface area contributed by atoms with Gasteiger partial charge in [-0.25, -0.2) is 14.4 Å². The molecule has 0 aliphatic carbocycles. The number of fused-ring (bicyclic) bond motifs is 1. The van der Waals surface area contributed by atoms with E-state index in [4.69, 9.17) is 0 Å². The first-order valence-electron chi connectivity index (χ1n) is 8.18. The molecule has 1 atom stereocenters. The number of amides is 1. The van der Waals surface area contributed by atoms with Crippen LogP contribution in [0.1, 0.15) is 40.1 Å². The van der Waals surface area contributed by atoms with E-state index >= 15 is 0 Å². The zero-order valence-electron chi connectivity index (χ0n) is 14.0. The summed E-state index contributed by atoms with van der Waals surface area (Å²) in [6.07, 6.45) is 1.75. The molecule has 25 heavy (non-hydrogen) atoms. The van der Waals surface area contributed by atoms with E-state index in [1.165, 1.54) is 23.5 Å². The molecule has 3 aromatic rings. The normalized spacial score (nSPS) is 17.4. The van der Waals surface area contributed by atoms with Crippen molar-refractivity contribution in [3.05, 3.63) is 40.4 Å². The van der Waals surface area contributed by atoms with Crippen LogP contribution in [0.2, 0.25) is 0 Å². The Morgan fingerprint density at radius 1 is 1.44 bits per heavy atom. The Bertz CT molecular complexity index is 950. The van der Waals surface area contributed by atoms with Crippen molar-refractivity contribution in [2.24, 2.45) is 0 Å². The number of aromatic amines is 1. The van der Waals surface area contributed by atoms with Gasteiger partial charge in [0.2, 0.25) is 0 Å². The fraction of sp³-hybridized carbons (Fsp3) is 0.353. The maximum absolute atomic E-state index is 13.4. The summed E-state index contributed by atoms with van der Waals surface area (Å²) >= 11 is 1.37. The third-order valence-electron chi connectivity index (χ3n) is 4.50. The number of aryl methyl sites for hydroxylation is 1. The predicted octanol–water partition coefficient (Wildman–Crippen LogP) is 3.49. The maximum Gasteiger partial charge on any atom is 0.266 e. The smallest absolute Gasteiger partial charge is 0.266 e. The highest BCUT2D eigenvalue weighted by molar-refractivity contribution is 7.17. The lowest BCUT2D eigenvalue weighted by molar-refractivity contribution is 0.0734. The van der Waals surface area contributed by atoms with Gasteiger partial charge in [-0.15, -0.1) is 0 Å². The molecule has 6 nitrogen and oxygen atoms in total. The maximum atomic E-state index is 13.4. The predicted molar refractivity (Wildman–Crippen MR) is 95.5 cm³/mol. The summed E-state index contributed by atoms with van der Waals surface area (Å²) in [4.78, 5) is 27.6. The molecule has 1 amide bonds. The van der Waals surface area contributed by atoms with Crippen molar-refractivity contribution >= 4 is 33.4 Å². The molecule has 1 aliphatic rings. The molecule has 0 saturated carbocycles. The molecule has 1 fully saturated rings. The van der Waals surface area contributed by atoms with Gasteiger partial charge >= 0.3 is 0 Å². The standard InChI is InChI=1S/C17H18FN5OS/c1-9-14(25-17(19-2)20-9)16(24)23-7-3-4-13(23)15-21-11-6-5-10(18)8-12(11)22-15/h5-6,8,13H,3-4,7H2,1-2H3,(H,19,20)(H,21,22)/t13-/m1/s1. The fourth-order valence-electron chi connectivity index (χ4n) is 3.29. The van der Waals surface area contributed by atoms with Crippen LogP contribution in [0.15, 0.2) is 18.2 Å². The van der Waals surface area contributed by atoms with E-state index in [-0.39, 0.29) is 17.8 Å². The molecule has 2 aromatic heterocycles. The number of hydrogen-bond acceptors (Lipinski definition) is 5. The monoisotopic (exact) mass is 359 g/mol. The van der Waals surface area contributed by atoms with Crippen molar-refractivity contribution in [3.8, 4) is 0 Å². The van der Waals surface area contributed by atoms with Crippen molar-refractivity contribution in [1.29, 1.82) is 0 Å². The lowest BCUT2D eigenvalue weighted by atomic mass is 10.2. The zero-order valence-corrected chi connectivity index (χ0v) is 14.8. The first-order valence-corrected chi connectivity index (χ1v) is 9.00. The molecule has 0 unspecified atom stereocenters. The average molecular weight is 359 g/mol. The number of thiazole rings is 1. The summed E-state index contributed by atoms with van der Waals surface area (Å²) in [6.45, 7) is 2.53. The molecule has 1 aliphatic heterocycles. The minimum Gasteiger partial charge on any atom is -0.365 e. The SMILES string of the molecule is CNc1nc(C)c(C(=O)N2CCC[C@@H]2c2nc3ccc(F)cc3[nH]2)s1. The molecule has 1 aromatic carbocycles. The lowest BCUT2D eigenvalue weighted by Crippen LogP contribution is -2.31. The van der Waals surface area contributed by atoms with Crippen molar-refractivity contribution in [2.75, 3.05) is 18.9 Å². The number of aromatic nitrogens is 3. The summed E-state index contributed by atoms with van der Waals surface area (Å²) < 4.78 is 13.4. The third kappa shape index (κ3) is 2.76. The number of benzene rings is 1. The number of imidazole rings is 1. The highest BCUT2D eigenvalue weighted by atomic mass is 32.1. The van der Waals surface area contributed by atoms with E-state index in [1.54, 1.807) is 13.1 Å². The van der Waals surface area contributed by atoms with Gasteiger partial charge in [-0.05, 0) is 38.0 Å². The van der Waals surface area contributed by atoms with E-state index in [2.05, 4.69) is 20.3 Å². The number of hydrogen-bond donors (Lipinski definition) is 2. The second kappa shape index (κ2) is 6.11. The molecule has 0 radical (unpaired) electrons. The number of halogens is 1. The number of nitrogens with one attached hydrogen (secondary N) is 2. The van der Waals surface area contributed by atoms with Crippen LogP contribution in [-0.4, -0.2) is 39.4 Å². The van der Waals surface area contributed by atoms with Gasteiger partial charge in [0.15, 0.2) is 5.13 Å². The second-order valence-corrected chi connectivity index (χ2v) is 7.12. The number of carbonyl (C=O) groups excluding carboxylic acids is 1. The van der Waals surface area contributed by atoms with Gasteiger partial charge in [-0.1, -0.05) is 11.3 Å². The molecule has 1 saturated heterocycles. The van der Waals surface area contributed by atoms with Crippen molar-refractivity contribution in [1.82, 2.24) is 19.9 Å². The van der Waals surface area contributed by atoms with Gasteiger partial charge in [-0.3, -0.25) is 4.79 Å². The van der Waals surface area contributed by atoms with Crippen LogP contribution < -0.4 is 5.32 Å². The topological polar surface area (TPSA) is 73.9 Å². The molecule has 130 valence electrons. The van der Waals surface area contributed by atoms with Gasteiger partial charge < -0.3 is 15.2 Å². The number of likely N-dealkylation sites (tertiary alicyclic amines) is 1. The van der Waals surface area contributed by atoms with E-state index in [0.29, 0.717) is 28.3 Å². The van der Waals surface area contributed by atoms with Crippen LogP contribution in [0.4, 0.5) is 9.52 Å². The zero-order chi connectivity index (χ0) is 17.6. The van der Waals surface area contributed by atoms with Crippen LogP contribution >= 0.6 is 11.3 Å². The number of H-pyrrole nitrogens is 1. The Morgan fingerprint density at radius 3 is 3.04 bits per heavy atom. The third-order valence-corrected chi connectivity index (χ3v) is 5.66. The van der Waals surface area contributed by atoms with E-state index in [9.17, 15) is 9.18 Å².